The highest BCUT2D eigenvalue weighted by atomic mass is 16.5. The van der Waals surface area contributed by atoms with E-state index in [2.05, 4.69) is 62.5 Å². The van der Waals surface area contributed by atoms with Gasteiger partial charge in [-0.25, -0.2) is 0 Å². The molecule has 0 aromatic heterocycles. The number of allylic oxidation sites excluding steroid dienone is 1. The van der Waals surface area contributed by atoms with Gasteiger partial charge in [0.1, 0.15) is 12.8 Å². The number of ether oxygens (including phenoxy) is 2. The Hall–Kier alpha value is -5.00. The molecule has 3 N–H and O–H groups in total. The number of anilines is 1. The number of carbonyl (C=O) groups is 7. The number of amidine groups is 1. The maximum absolute atomic E-state index is 13.4. The molecule has 17 nitrogen and oxygen atoms in total. The molecule has 17 heteroatoms. The van der Waals surface area contributed by atoms with Gasteiger partial charge in [0.25, 0.3) is 5.91 Å². The molecule has 1 aromatic rings. The Balaban J connectivity index is -0.00000116. The first-order valence-electron chi connectivity index (χ1n) is 26.2. The van der Waals surface area contributed by atoms with Crippen molar-refractivity contribution in [3.63, 3.8) is 0 Å². The molecule has 1 saturated heterocycles. The van der Waals surface area contributed by atoms with Crippen LogP contribution in [0.25, 0.3) is 0 Å². The van der Waals surface area contributed by atoms with E-state index in [1.54, 1.807) is 65.3 Å². The highest BCUT2D eigenvalue weighted by molar-refractivity contribution is 5.95. The maximum atomic E-state index is 13.4. The Morgan fingerprint density at radius 3 is 1.99 bits per heavy atom. The minimum Gasteiger partial charge on any atom is -0.379 e. The van der Waals surface area contributed by atoms with Gasteiger partial charge in [0.2, 0.25) is 30.0 Å². The number of rotatable bonds is 26. The Kier molecular flexibility index (Phi) is 43.1. The van der Waals surface area contributed by atoms with E-state index < -0.39 is 6.10 Å². The highest BCUT2D eigenvalue weighted by Crippen LogP contribution is 2.28. The van der Waals surface area contributed by atoms with E-state index in [4.69, 9.17) is 9.47 Å². The highest BCUT2D eigenvalue weighted by Gasteiger charge is 2.40. The van der Waals surface area contributed by atoms with Crippen LogP contribution >= 0.6 is 0 Å². The van der Waals surface area contributed by atoms with E-state index in [1.807, 2.05) is 63.7 Å². The van der Waals surface area contributed by atoms with Crippen molar-refractivity contribution in [3.8, 4) is 0 Å². The number of imide groups is 1. The average Bonchev–Trinajstić information content (AvgIpc) is 3.86. The number of nitrogens with one attached hydrogen (secondary N) is 3. The lowest BCUT2D eigenvalue weighted by atomic mass is 9.90. The van der Waals surface area contributed by atoms with Gasteiger partial charge < -0.3 is 44.9 Å². The summed E-state index contributed by atoms with van der Waals surface area (Å²) in [7, 11) is 10.4. The quantitative estimate of drug-likeness (QED) is 0.0268. The molecule has 7 atom stereocenters. The Morgan fingerprint density at radius 1 is 0.903 bits per heavy atom. The molecule has 1 aromatic carbocycles. The molecule has 1 fully saturated rings. The summed E-state index contributed by atoms with van der Waals surface area (Å²) in [6.45, 7) is 25.3. The molecular formula is C55H100N8O9. The minimum absolute atomic E-state index is 0.0369. The van der Waals surface area contributed by atoms with Crippen LogP contribution in [0, 0.1) is 11.8 Å². The SMILES string of the molecule is C/C=C\C(=O)N(C=O)CCCCCC(=O)NCc1ccc(NC(=O)[C@H](C)NC)cc1.CC.CCC.CCC.CCC(C)C(C(CC(=O)N1CCCC1C(OC)C(C)C=O)OC)N(C)C(=O)CN=C(C)N(C)C. The van der Waals surface area contributed by atoms with Gasteiger partial charge in [-0.3, -0.25) is 38.7 Å². The summed E-state index contributed by atoms with van der Waals surface area (Å²) in [5, 5.41) is 8.56. The van der Waals surface area contributed by atoms with E-state index in [1.165, 1.54) is 18.9 Å². The van der Waals surface area contributed by atoms with Crippen molar-refractivity contribution < 1.29 is 43.0 Å². The van der Waals surface area contributed by atoms with Crippen molar-refractivity contribution in [2.75, 3.05) is 67.4 Å². The molecule has 0 saturated carbocycles. The van der Waals surface area contributed by atoms with E-state index in [0.29, 0.717) is 51.0 Å². The molecule has 72 heavy (non-hydrogen) atoms. The first kappa shape index (κ1) is 71.3. The van der Waals surface area contributed by atoms with Gasteiger partial charge in [0, 0.05) is 73.0 Å². The third-order valence-corrected chi connectivity index (χ3v) is 11.8. The van der Waals surface area contributed by atoms with Gasteiger partial charge in [-0.1, -0.05) is 106 Å². The number of likely N-dealkylation sites (tertiary alicyclic amines) is 1. The van der Waals surface area contributed by atoms with E-state index in [-0.39, 0.29) is 78.6 Å². The number of nitrogens with zero attached hydrogens (tertiary/aromatic N) is 5. The molecule has 2 rings (SSSR count). The average molecular weight is 1020 g/mol. The molecule has 1 aliphatic heterocycles. The molecule has 414 valence electrons. The van der Waals surface area contributed by atoms with Crippen LogP contribution < -0.4 is 16.0 Å². The second kappa shape index (κ2) is 43.6. The summed E-state index contributed by atoms with van der Waals surface area (Å²) >= 11 is 0. The fraction of sp³-hybridized carbons (Fsp3) is 0.709. The van der Waals surface area contributed by atoms with Crippen LogP contribution in [-0.4, -0.2) is 160 Å². The molecule has 6 unspecified atom stereocenters. The summed E-state index contributed by atoms with van der Waals surface area (Å²) < 4.78 is 11.4. The zero-order valence-corrected chi connectivity index (χ0v) is 48.0. The van der Waals surface area contributed by atoms with Crippen LogP contribution in [0.5, 0.6) is 0 Å². The lowest BCUT2D eigenvalue weighted by molar-refractivity contribution is -0.144. The van der Waals surface area contributed by atoms with Crippen LogP contribution in [0.4, 0.5) is 5.69 Å². The van der Waals surface area contributed by atoms with Crippen LogP contribution in [0.3, 0.4) is 0 Å². The number of amides is 6. The van der Waals surface area contributed by atoms with Gasteiger partial charge >= 0.3 is 0 Å². The van der Waals surface area contributed by atoms with Crippen LogP contribution in [0.2, 0.25) is 0 Å². The van der Waals surface area contributed by atoms with Crippen molar-refractivity contribution in [1.29, 1.82) is 0 Å². The molecule has 0 bridgehead atoms. The Labute approximate surface area is 436 Å². The summed E-state index contributed by atoms with van der Waals surface area (Å²) in [5.41, 5.74) is 1.64. The van der Waals surface area contributed by atoms with Gasteiger partial charge in [-0.2, -0.15) is 0 Å². The molecule has 1 aliphatic rings. The number of likely N-dealkylation sites (N-methyl/N-ethyl adjacent to an activating group) is 2. The van der Waals surface area contributed by atoms with E-state index >= 15 is 0 Å². The third kappa shape index (κ3) is 28.9. The number of benzene rings is 1. The second-order valence-corrected chi connectivity index (χ2v) is 17.9. The molecule has 6 amide bonds. The van der Waals surface area contributed by atoms with Gasteiger partial charge in [0.05, 0.1) is 42.6 Å². The standard InChI is InChI=1S/C25H46N4O5.C22H32N4O4.2C3H8.C2H6/c1-10-17(2)24(28(7)23(32)15-26-19(4)27(5)6)21(33-8)14-22(31)29-13-11-12-20(29)25(34-9)18(3)16-30;1-4-8-21(29)26(16-27)14-7-5-6-9-20(28)24-15-18-10-12-19(13-11-18)25-22(30)17(2)23-3;2*1-3-2;1-2/h16-18,20-21,24-25H,10-15H2,1-9H3;4,8,10-13,16-17,23H,5-7,9,14-15H2,1-3H3,(H,24,28)(H,25,30);2*3H2,1-2H3;1-2H3/b;8-4-;;;/t;17-;;;/m.0.../s1. The first-order chi connectivity index (χ1) is 34.3. The van der Waals surface area contributed by atoms with E-state index in [9.17, 15) is 33.6 Å². The lowest BCUT2D eigenvalue weighted by Gasteiger charge is -2.39. The topological polar surface area (TPSA) is 199 Å². The largest absolute Gasteiger partial charge is 0.379 e. The van der Waals surface area contributed by atoms with Crippen molar-refractivity contribution in [2.45, 2.75) is 184 Å². The number of aldehydes is 1. The zero-order valence-electron chi connectivity index (χ0n) is 48.0. The molecule has 1 heterocycles. The summed E-state index contributed by atoms with van der Waals surface area (Å²) in [5.74, 6) is -0.0332. The van der Waals surface area contributed by atoms with Gasteiger partial charge in [-0.05, 0) is 83.2 Å². The monoisotopic (exact) mass is 1020 g/mol. The summed E-state index contributed by atoms with van der Waals surface area (Å²) in [4.78, 5) is 95.0. The fourth-order valence-corrected chi connectivity index (χ4v) is 7.29. The van der Waals surface area contributed by atoms with Crippen molar-refractivity contribution >= 4 is 53.8 Å². The smallest absolute Gasteiger partial charge is 0.252 e. The third-order valence-electron chi connectivity index (χ3n) is 11.8. The second-order valence-electron chi connectivity index (χ2n) is 17.9. The van der Waals surface area contributed by atoms with E-state index in [0.717, 1.165) is 48.3 Å². The van der Waals surface area contributed by atoms with Crippen molar-refractivity contribution in [3.05, 3.63) is 42.0 Å². The predicted molar refractivity (Wildman–Crippen MR) is 294 cm³/mol. The maximum Gasteiger partial charge on any atom is 0.252 e. The zero-order chi connectivity index (χ0) is 55.8. The Morgan fingerprint density at radius 2 is 1.50 bits per heavy atom. The Bertz CT molecular complexity index is 1710. The molecule has 0 radical (unpaired) electrons. The predicted octanol–water partition coefficient (Wildman–Crippen LogP) is 7.92. The van der Waals surface area contributed by atoms with Crippen LogP contribution in [0.15, 0.2) is 41.4 Å². The first-order valence-corrected chi connectivity index (χ1v) is 26.2. The van der Waals surface area contributed by atoms with Gasteiger partial charge in [-0.15, -0.1) is 0 Å². The van der Waals surface area contributed by atoms with Crippen molar-refractivity contribution in [1.82, 2.24) is 30.2 Å². The van der Waals surface area contributed by atoms with Gasteiger partial charge in [0.15, 0.2) is 0 Å². The number of hydrogen-bond acceptors (Lipinski definition) is 11. The number of hydrogen-bond donors (Lipinski definition) is 3. The number of unbranched alkanes of at least 4 members (excludes halogenated alkanes) is 2. The molecule has 0 aliphatic carbocycles. The number of methoxy groups -OCH3 is 2. The summed E-state index contributed by atoms with van der Waals surface area (Å²) in [6, 6.07) is 6.63. The fourth-order valence-electron chi connectivity index (χ4n) is 7.29. The summed E-state index contributed by atoms with van der Waals surface area (Å²) in [6.07, 6.45) is 11.2. The molecule has 0 spiro atoms. The van der Waals surface area contributed by atoms with Crippen LogP contribution in [0.1, 0.15) is 153 Å². The lowest BCUT2D eigenvalue weighted by Crippen LogP contribution is -2.52. The van der Waals surface area contributed by atoms with Crippen LogP contribution in [-0.2, 0) is 49.6 Å². The molecular weight excluding hydrogens is 917 g/mol. The number of carbonyl (C=O) groups excluding carboxylic acids is 7. The van der Waals surface area contributed by atoms with Crippen molar-refractivity contribution in [2.24, 2.45) is 16.8 Å². The normalized spacial score (nSPS) is 15.3. The minimum atomic E-state index is -0.457. The number of aliphatic imine (C=N–C) groups is 1.